The molecule has 4 nitrogen and oxygen atoms in total. The van der Waals surface area contributed by atoms with Crippen LogP contribution in [0.1, 0.15) is 28.4 Å². The molecular formula is C23H22ClNO3. The Labute approximate surface area is 170 Å². The van der Waals surface area contributed by atoms with Gasteiger partial charge in [0.1, 0.15) is 18.1 Å². The maximum Gasteiger partial charge on any atom is 0.255 e. The number of carbonyl (C=O) groups excluding carboxylic acids is 1. The molecule has 3 rings (SSSR count). The zero-order valence-electron chi connectivity index (χ0n) is 15.9. The predicted molar refractivity (Wildman–Crippen MR) is 113 cm³/mol. The van der Waals surface area contributed by atoms with Crippen LogP contribution in [0, 0.1) is 6.92 Å². The van der Waals surface area contributed by atoms with Crippen LogP contribution in [-0.2, 0) is 6.61 Å². The Morgan fingerprint density at radius 1 is 1.00 bits per heavy atom. The molecule has 0 aliphatic heterocycles. The highest BCUT2D eigenvalue weighted by Crippen LogP contribution is 2.24. The Balaban J connectivity index is 1.77. The summed E-state index contributed by atoms with van der Waals surface area (Å²) in [5, 5.41) is 3.57. The molecule has 144 valence electrons. The molecule has 3 aromatic carbocycles. The van der Waals surface area contributed by atoms with E-state index in [1.807, 2.05) is 38.1 Å². The minimum Gasteiger partial charge on any atom is -0.493 e. The van der Waals surface area contributed by atoms with E-state index >= 15 is 0 Å². The van der Waals surface area contributed by atoms with Gasteiger partial charge in [0, 0.05) is 21.8 Å². The monoisotopic (exact) mass is 395 g/mol. The number of hydrogen-bond donors (Lipinski definition) is 1. The highest BCUT2D eigenvalue weighted by atomic mass is 35.5. The van der Waals surface area contributed by atoms with E-state index in [1.54, 1.807) is 42.5 Å². The van der Waals surface area contributed by atoms with E-state index in [1.165, 1.54) is 0 Å². The van der Waals surface area contributed by atoms with Gasteiger partial charge in [-0.25, -0.2) is 0 Å². The second kappa shape index (κ2) is 9.29. The van der Waals surface area contributed by atoms with Crippen LogP contribution in [0.5, 0.6) is 11.5 Å². The molecule has 0 aliphatic carbocycles. The summed E-state index contributed by atoms with van der Waals surface area (Å²) in [6.45, 7) is 4.71. The van der Waals surface area contributed by atoms with Crippen LogP contribution in [0.15, 0.2) is 66.7 Å². The molecule has 1 amide bonds. The molecule has 0 spiro atoms. The van der Waals surface area contributed by atoms with Crippen molar-refractivity contribution in [3.8, 4) is 11.5 Å². The van der Waals surface area contributed by atoms with Gasteiger partial charge in [0.05, 0.1) is 6.61 Å². The van der Waals surface area contributed by atoms with Crippen LogP contribution in [0.4, 0.5) is 5.69 Å². The van der Waals surface area contributed by atoms with Gasteiger partial charge in [-0.15, -0.1) is 0 Å². The zero-order chi connectivity index (χ0) is 19.9. The summed E-state index contributed by atoms with van der Waals surface area (Å²) in [4.78, 5) is 12.7. The third kappa shape index (κ3) is 5.27. The molecular weight excluding hydrogens is 374 g/mol. The van der Waals surface area contributed by atoms with E-state index in [0.717, 1.165) is 16.8 Å². The summed E-state index contributed by atoms with van der Waals surface area (Å²) < 4.78 is 11.5. The quantitative estimate of drug-likeness (QED) is 0.543. The first kappa shape index (κ1) is 19.8. The lowest BCUT2D eigenvalue weighted by Crippen LogP contribution is -2.13. The molecule has 0 radical (unpaired) electrons. The van der Waals surface area contributed by atoms with E-state index in [4.69, 9.17) is 21.1 Å². The van der Waals surface area contributed by atoms with Crippen molar-refractivity contribution in [3.63, 3.8) is 0 Å². The van der Waals surface area contributed by atoms with Crippen LogP contribution >= 0.6 is 11.6 Å². The van der Waals surface area contributed by atoms with Gasteiger partial charge in [0.15, 0.2) is 0 Å². The van der Waals surface area contributed by atoms with E-state index in [2.05, 4.69) is 5.32 Å². The number of aryl methyl sites for hydroxylation is 1. The molecule has 0 unspecified atom stereocenters. The Morgan fingerprint density at radius 2 is 1.79 bits per heavy atom. The number of nitrogens with one attached hydrogen (secondary N) is 1. The number of amides is 1. The lowest BCUT2D eigenvalue weighted by Gasteiger charge is -2.14. The molecule has 28 heavy (non-hydrogen) atoms. The van der Waals surface area contributed by atoms with Crippen LogP contribution in [0.3, 0.4) is 0 Å². The number of ether oxygens (including phenoxy) is 2. The molecule has 0 bridgehead atoms. The van der Waals surface area contributed by atoms with Gasteiger partial charge in [0.2, 0.25) is 0 Å². The van der Waals surface area contributed by atoms with Crippen LogP contribution in [0.25, 0.3) is 0 Å². The lowest BCUT2D eigenvalue weighted by molar-refractivity contribution is 0.102. The molecule has 1 N–H and O–H groups in total. The van der Waals surface area contributed by atoms with Crippen LogP contribution in [0.2, 0.25) is 5.02 Å². The molecule has 5 heteroatoms. The summed E-state index contributed by atoms with van der Waals surface area (Å²) in [6, 6.07) is 20.2. The minimum atomic E-state index is -0.179. The molecule has 0 fully saturated rings. The van der Waals surface area contributed by atoms with E-state index in [0.29, 0.717) is 28.7 Å². The smallest absolute Gasteiger partial charge is 0.255 e. The van der Waals surface area contributed by atoms with Gasteiger partial charge in [0.25, 0.3) is 5.91 Å². The first-order valence-corrected chi connectivity index (χ1v) is 9.45. The summed E-state index contributed by atoms with van der Waals surface area (Å²) in [5.74, 6) is 1.21. The van der Waals surface area contributed by atoms with Gasteiger partial charge in [-0.3, -0.25) is 4.79 Å². The van der Waals surface area contributed by atoms with Crippen molar-refractivity contribution in [2.45, 2.75) is 20.5 Å². The topological polar surface area (TPSA) is 47.6 Å². The molecule has 0 heterocycles. The Kier molecular flexibility index (Phi) is 6.56. The van der Waals surface area contributed by atoms with Gasteiger partial charge in [-0.05, 0) is 74.0 Å². The molecule has 3 aromatic rings. The Hall–Kier alpha value is -2.98. The highest BCUT2D eigenvalue weighted by Gasteiger charge is 2.12. The molecule has 0 saturated carbocycles. The van der Waals surface area contributed by atoms with Crippen LogP contribution in [-0.4, -0.2) is 12.5 Å². The Morgan fingerprint density at radius 3 is 2.50 bits per heavy atom. The van der Waals surface area contributed by atoms with Crippen LogP contribution < -0.4 is 14.8 Å². The summed E-state index contributed by atoms with van der Waals surface area (Å²) in [5.41, 5.74) is 3.19. The largest absolute Gasteiger partial charge is 0.493 e. The normalized spacial score (nSPS) is 10.4. The summed E-state index contributed by atoms with van der Waals surface area (Å²) >= 11 is 5.91. The van der Waals surface area contributed by atoms with Crippen molar-refractivity contribution >= 4 is 23.2 Å². The van der Waals surface area contributed by atoms with Crippen molar-refractivity contribution in [2.75, 3.05) is 11.9 Å². The number of benzene rings is 3. The average Bonchev–Trinajstić information content (AvgIpc) is 2.68. The minimum absolute atomic E-state index is 0.179. The number of hydrogen-bond acceptors (Lipinski definition) is 3. The summed E-state index contributed by atoms with van der Waals surface area (Å²) in [7, 11) is 0. The Bertz CT molecular complexity index is 954. The number of halogens is 1. The maximum atomic E-state index is 12.7. The average molecular weight is 396 g/mol. The van der Waals surface area contributed by atoms with Crippen molar-refractivity contribution < 1.29 is 14.3 Å². The fourth-order valence-corrected chi connectivity index (χ4v) is 2.87. The fraction of sp³-hybridized carbons (Fsp3) is 0.174. The number of anilines is 1. The van der Waals surface area contributed by atoms with Gasteiger partial charge < -0.3 is 14.8 Å². The maximum absolute atomic E-state index is 12.7. The number of rotatable bonds is 7. The predicted octanol–water partition coefficient (Wildman–Crippen LogP) is 5.88. The van der Waals surface area contributed by atoms with Gasteiger partial charge >= 0.3 is 0 Å². The fourth-order valence-electron chi connectivity index (χ4n) is 2.75. The van der Waals surface area contributed by atoms with E-state index in [9.17, 15) is 4.79 Å². The molecule has 0 aromatic heterocycles. The molecule has 0 atom stereocenters. The standard InChI is InChI=1S/C23H22ClNO3/c1-3-27-22-12-7-17(23(26)25-20-6-4-5-16(2)13-20)14-18(22)15-28-21-10-8-19(24)9-11-21/h4-14H,3,15H2,1-2H3,(H,25,26). The lowest BCUT2D eigenvalue weighted by atomic mass is 10.1. The van der Waals surface area contributed by atoms with Gasteiger partial charge in [-0.2, -0.15) is 0 Å². The number of carbonyl (C=O) groups is 1. The molecule has 0 saturated heterocycles. The van der Waals surface area contributed by atoms with Gasteiger partial charge in [-0.1, -0.05) is 23.7 Å². The third-order valence-corrected chi connectivity index (χ3v) is 4.36. The second-order valence-corrected chi connectivity index (χ2v) is 6.76. The van der Waals surface area contributed by atoms with Crippen molar-refractivity contribution in [1.29, 1.82) is 0 Å². The third-order valence-electron chi connectivity index (χ3n) is 4.11. The van der Waals surface area contributed by atoms with E-state index < -0.39 is 0 Å². The zero-order valence-corrected chi connectivity index (χ0v) is 16.6. The molecule has 0 aliphatic rings. The van der Waals surface area contributed by atoms with E-state index in [-0.39, 0.29) is 12.5 Å². The first-order valence-electron chi connectivity index (χ1n) is 9.07. The van der Waals surface area contributed by atoms with Crippen molar-refractivity contribution in [3.05, 3.63) is 88.4 Å². The van der Waals surface area contributed by atoms with Crippen molar-refractivity contribution in [1.82, 2.24) is 0 Å². The second-order valence-electron chi connectivity index (χ2n) is 6.32. The highest BCUT2D eigenvalue weighted by molar-refractivity contribution is 6.30. The summed E-state index contributed by atoms with van der Waals surface area (Å²) in [6.07, 6.45) is 0. The SMILES string of the molecule is CCOc1ccc(C(=O)Nc2cccc(C)c2)cc1COc1ccc(Cl)cc1. The first-order chi connectivity index (χ1) is 13.5. The van der Waals surface area contributed by atoms with Crippen molar-refractivity contribution in [2.24, 2.45) is 0 Å².